The summed E-state index contributed by atoms with van der Waals surface area (Å²) in [5.41, 5.74) is 0.471. The van der Waals surface area contributed by atoms with Gasteiger partial charge in [-0.15, -0.1) is 23.1 Å². The zero-order chi connectivity index (χ0) is 15.2. The zero-order valence-electron chi connectivity index (χ0n) is 11.8. The summed E-state index contributed by atoms with van der Waals surface area (Å²) in [6.45, 7) is 0.620. The van der Waals surface area contributed by atoms with Crippen LogP contribution in [0.25, 0.3) is 5.13 Å². The molecule has 0 atom stereocenters. The fraction of sp³-hybridized carbons (Fsp3) is 0.125. The van der Waals surface area contributed by atoms with Crippen LogP contribution in [0.15, 0.2) is 65.1 Å². The fourth-order valence-corrected chi connectivity index (χ4v) is 3.45. The molecule has 3 aromatic rings. The average Bonchev–Trinajstić information content (AvgIpc) is 3.22. The monoisotopic (exact) mass is 329 g/mol. The van der Waals surface area contributed by atoms with Crippen molar-refractivity contribution in [1.29, 1.82) is 0 Å². The lowest BCUT2D eigenvalue weighted by atomic mass is 10.4. The predicted molar refractivity (Wildman–Crippen MR) is 90.9 cm³/mol. The lowest BCUT2D eigenvalue weighted by molar-refractivity contribution is 0.0952. The summed E-state index contributed by atoms with van der Waals surface area (Å²) in [5, 5.41) is 5.49. The van der Waals surface area contributed by atoms with Crippen LogP contribution < -0.4 is 5.32 Å². The SMILES string of the molecule is O=C(NCCSc1ccccc1)c1csc(-n2cccc2)n1. The molecular formula is C16H15N3OS2. The van der Waals surface area contributed by atoms with Gasteiger partial charge in [-0.25, -0.2) is 4.98 Å². The molecule has 0 unspecified atom stereocenters. The van der Waals surface area contributed by atoms with Crippen molar-refractivity contribution in [2.75, 3.05) is 12.3 Å². The Morgan fingerprint density at radius 3 is 2.73 bits per heavy atom. The molecule has 1 amide bonds. The normalized spacial score (nSPS) is 10.5. The maximum absolute atomic E-state index is 12.1. The van der Waals surface area contributed by atoms with Gasteiger partial charge in [-0.05, 0) is 24.3 Å². The maximum atomic E-state index is 12.1. The third kappa shape index (κ3) is 3.78. The third-order valence-electron chi connectivity index (χ3n) is 2.95. The average molecular weight is 329 g/mol. The maximum Gasteiger partial charge on any atom is 0.270 e. The first-order valence-corrected chi connectivity index (χ1v) is 8.74. The van der Waals surface area contributed by atoms with Crippen LogP contribution in [-0.4, -0.2) is 27.8 Å². The van der Waals surface area contributed by atoms with Crippen molar-refractivity contribution in [2.24, 2.45) is 0 Å². The van der Waals surface area contributed by atoms with Crippen LogP contribution >= 0.6 is 23.1 Å². The van der Waals surface area contributed by atoms with Gasteiger partial charge in [-0.3, -0.25) is 4.79 Å². The highest BCUT2D eigenvalue weighted by Crippen LogP contribution is 2.16. The second-order valence-corrected chi connectivity index (χ2v) is 6.53. The zero-order valence-corrected chi connectivity index (χ0v) is 13.4. The highest BCUT2D eigenvalue weighted by Gasteiger charge is 2.10. The number of thiazole rings is 1. The molecule has 0 aliphatic rings. The highest BCUT2D eigenvalue weighted by molar-refractivity contribution is 7.99. The molecular weight excluding hydrogens is 314 g/mol. The third-order valence-corrected chi connectivity index (χ3v) is 4.82. The van der Waals surface area contributed by atoms with E-state index in [2.05, 4.69) is 22.4 Å². The Kier molecular flexibility index (Phi) is 4.92. The molecule has 6 heteroatoms. The fourth-order valence-electron chi connectivity index (χ4n) is 1.89. The van der Waals surface area contributed by atoms with E-state index < -0.39 is 0 Å². The van der Waals surface area contributed by atoms with Crippen molar-refractivity contribution in [3.05, 3.63) is 65.9 Å². The number of nitrogens with zero attached hydrogens (tertiary/aromatic N) is 2. The lowest BCUT2D eigenvalue weighted by Crippen LogP contribution is -2.26. The van der Waals surface area contributed by atoms with Crippen molar-refractivity contribution in [1.82, 2.24) is 14.9 Å². The minimum atomic E-state index is -0.122. The van der Waals surface area contributed by atoms with Crippen LogP contribution in [0.1, 0.15) is 10.5 Å². The van der Waals surface area contributed by atoms with Gasteiger partial charge in [0.1, 0.15) is 5.69 Å². The number of hydrogen-bond donors (Lipinski definition) is 1. The number of thioether (sulfide) groups is 1. The number of nitrogens with one attached hydrogen (secondary N) is 1. The summed E-state index contributed by atoms with van der Waals surface area (Å²) in [4.78, 5) is 17.6. The van der Waals surface area contributed by atoms with E-state index in [1.165, 1.54) is 16.2 Å². The van der Waals surface area contributed by atoms with Gasteiger partial charge in [-0.1, -0.05) is 18.2 Å². The van der Waals surface area contributed by atoms with Gasteiger partial charge in [0.2, 0.25) is 0 Å². The van der Waals surface area contributed by atoms with E-state index >= 15 is 0 Å². The van der Waals surface area contributed by atoms with E-state index in [0.29, 0.717) is 12.2 Å². The van der Waals surface area contributed by atoms with Gasteiger partial charge in [-0.2, -0.15) is 0 Å². The summed E-state index contributed by atoms with van der Waals surface area (Å²) in [6.07, 6.45) is 3.83. The smallest absolute Gasteiger partial charge is 0.270 e. The molecule has 2 aromatic heterocycles. The molecule has 112 valence electrons. The van der Waals surface area contributed by atoms with Crippen molar-refractivity contribution >= 4 is 29.0 Å². The number of carbonyl (C=O) groups excluding carboxylic acids is 1. The summed E-state index contributed by atoms with van der Waals surface area (Å²) in [6, 6.07) is 14.0. The van der Waals surface area contributed by atoms with Crippen LogP contribution in [0.5, 0.6) is 0 Å². The number of amides is 1. The molecule has 3 rings (SSSR count). The molecule has 4 nitrogen and oxygen atoms in total. The topological polar surface area (TPSA) is 46.9 Å². The van der Waals surface area contributed by atoms with Crippen molar-refractivity contribution in [3.8, 4) is 5.13 Å². The summed E-state index contributed by atoms with van der Waals surface area (Å²) in [7, 11) is 0. The van der Waals surface area contributed by atoms with Gasteiger partial charge >= 0.3 is 0 Å². The first-order chi connectivity index (χ1) is 10.8. The van der Waals surface area contributed by atoms with Crippen LogP contribution in [0.4, 0.5) is 0 Å². The Hall–Kier alpha value is -2.05. The largest absolute Gasteiger partial charge is 0.350 e. The van der Waals surface area contributed by atoms with Crippen molar-refractivity contribution < 1.29 is 4.79 Å². The Labute approximate surface area is 137 Å². The first-order valence-electron chi connectivity index (χ1n) is 6.88. The Morgan fingerprint density at radius 1 is 1.18 bits per heavy atom. The summed E-state index contributed by atoms with van der Waals surface area (Å²) < 4.78 is 1.90. The van der Waals surface area contributed by atoms with E-state index in [0.717, 1.165) is 10.9 Å². The number of rotatable bonds is 6. The van der Waals surface area contributed by atoms with Gasteiger partial charge < -0.3 is 9.88 Å². The molecule has 22 heavy (non-hydrogen) atoms. The summed E-state index contributed by atoms with van der Waals surface area (Å²) >= 11 is 3.18. The van der Waals surface area contributed by atoms with Crippen LogP contribution in [-0.2, 0) is 0 Å². The number of aromatic nitrogens is 2. The molecule has 2 heterocycles. The Bertz CT molecular complexity index is 723. The lowest BCUT2D eigenvalue weighted by Gasteiger charge is -2.03. The number of benzene rings is 1. The van der Waals surface area contributed by atoms with E-state index in [1.54, 1.807) is 17.1 Å². The highest BCUT2D eigenvalue weighted by atomic mass is 32.2. The van der Waals surface area contributed by atoms with Crippen LogP contribution in [0, 0.1) is 0 Å². The van der Waals surface area contributed by atoms with Gasteiger partial charge in [0.25, 0.3) is 5.91 Å². The van der Waals surface area contributed by atoms with Gasteiger partial charge in [0.05, 0.1) is 0 Å². The van der Waals surface area contributed by atoms with E-state index in [-0.39, 0.29) is 5.91 Å². The van der Waals surface area contributed by atoms with Crippen LogP contribution in [0.3, 0.4) is 0 Å². The number of hydrogen-bond acceptors (Lipinski definition) is 4. The molecule has 0 saturated heterocycles. The summed E-state index contributed by atoms with van der Waals surface area (Å²) in [5.74, 6) is 0.716. The molecule has 0 bridgehead atoms. The first kappa shape index (κ1) is 14.9. The second-order valence-electron chi connectivity index (χ2n) is 4.52. The predicted octanol–water partition coefficient (Wildman–Crippen LogP) is 3.46. The van der Waals surface area contributed by atoms with Crippen LogP contribution in [0.2, 0.25) is 0 Å². The van der Waals surface area contributed by atoms with Gasteiger partial charge in [0.15, 0.2) is 5.13 Å². The standard InChI is InChI=1S/C16H15N3OS2/c20-15(17-8-11-21-13-6-2-1-3-7-13)14-12-22-16(18-14)19-9-4-5-10-19/h1-7,9-10,12H,8,11H2,(H,17,20). The van der Waals surface area contributed by atoms with E-state index in [4.69, 9.17) is 0 Å². The molecule has 1 N–H and O–H groups in total. The molecule has 0 spiro atoms. The molecule has 0 radical (unpaired) electrons. The minimum absolute atomic E-state index is 0.122. The quantitative estimate of drug-likeness (QED) is 0.556. The van der Waals surface area contributed by atoms with Gasteiger partial charge in [0, 0.05) is 35.0 Å². The van der Waals surface area contributed by atoms with Crippen molar-refractivity contribution in [3.63, 3.8) is 0 Å². The van der Waals surface area contributed by atoms with E-state index in [9.17, 15) is 4.79 Å². The molecule has 0 fully saturated rings. The molecule has 0 aliphatic heterocycles. The van der Waals surface area contributed by atoms with Crippen molar-refractivity contribution in [2.45, 2.75) is 4.90 Å². The van der Waals surface area contributed by atoms with E-state index in [1.807, 2.05) is 47.3 Å². The Morgan fingerprint density at radius 2 is 1.95 bits per heavy atom. The molecule has 0 saturated carbocycles. The molecule has 1 aromatic carbocycles. The minimum Gasteiger partial charge on any atom is -0.350 e. The number of carbonyl (C=O) groups is 1. The molecule has 0 aliphatic carbocycles. The Balaban J connectivity index is 1.48. The second kappa shape index (κ2) is 7.29.